The van der Waals surface area contributed by atoms with Crippen LogP contribution in [-0.4, -0.2) is 9.55 Å². The Hall–Kier alpha value is -2.29. The van der Waals surface area contributed by atoms with E-state index in [1.165, 1.54) is 5.56 Å². The van der Waals surface area contributed by atoms with Crippen LogP contribution >= 0.6 is 0 Å². The van der Waals surface area contributed by atoms with Crippen LogP contribution < -0.4 is 5.69 Å². The first-order valence-corrected chi connectivity index (χ1v) is 5.97. The smallest absolute Gasteiger partial charge is 0.306 e. The minimum absolute atomic E-state index is 0.0585. The van der Waals surface area contributed by atoms with Crippen LogP contribution in [-0.2, 0) is 6.54 Å². The van der Waals surface area contributed by atoms with Gasteiger partial charge in [-0.2, -0.15) is 0 Å². The van der Waals surface area contributed by atoms with Gasteiger partial charge in [-0.25, -0.2) is 4.79 Å². The lowest BCUT2D eigenvalue weighted by atomic mass is 10.1. The van der Waals surface area contributed by atoms with Crippen LogP contribution in [0.4, 0.5) is 0 Å². The number of imidazole rings is 1. The Morgan fingerprint density at radius 3 is 2.56 bits per heavy atom. The molecule has 2 aromatic carbocycles. The van der Waals surface area contributed by atoms with Crippen molar-refractivity contribution < 1.29 is 0 Å². The Balaban J connectivity index is 2.07. The summed E-state index contributed by atoms with van der Waals surface area (Å²) in [6.07, 6.45) is 0. The van der Waals surface area contributed by atoms with Crippen molar-refractivity contribution >= 4 is 11.0 Å². The lowest BCUT2D eigenvalue weighted by Crippen LogP contribution is -2.17. The second kappa shape index (κ2) is 4.18. The molecular weight excluding hydrogens is 224 g/mol. The second-order valence-corrected chi connectivity index (χ2v) is 4.52. The monoisotopic (exact) mass is 238 g/mol. The van der Waals surface area contributed by atoms with Crippen LogP contribution in [0.25, 0.3) is 11.0 Å². The van der Waals surface area contributed by atoms with E-state index in [4.69, 9.17) is 0 Å². The molecule has 0 unspecified atom stereocenters. The van der Waals surface area contributed by atoms with Gasteiger partial charge < -0.3 is 4.98 Å². The fourth-order valence-corrected chi connectivity index (χ4v) is 2.14. The molecule has 90 valence electrons. The highest BCUT2D eigenvalue weighted by molar-refractivity contribution is 5.75. The molecule has 1 N–H and O–H groups in total. The number of aromatic nitrogens is 2. The molecule has 0 aliphatic heterocycles. The zero-order chi connectivity index (χ0) is 12.5. The number of H-pyrrole nitrogens is 1. The first-order valence-electron chi connectivity index (χ1n) is 5.97. The van der Waals surface area contributed by atoms with Gasteiger partial charge in [-0.3, -0.25) is 4.57 Å². The molecule has 0 spiro atoms. The third kappa shape index (κ3) is 1.84. The Kier molecular flexibility index (Phi) is 2.52. The predicted molar refractivity (Wildman–Crippen MR) is 72.8 cm³/mol. The fourth-order valence-electron chi connectivity index (χ4n) is 2.14. The lowest BCUT2D eigenvalue weighted by molar-refractivity contribution is 0.786. The molecule has 18 heavy (non-hydrogen) atoms. The predicted octanol–water partition coefficient (Wildman–Crippen LogP) is 2.69. The summed E-state index contributed by atoms with van der Waals surface area (Å²) in [6, 6.07) is 16.0. The average molecular weight is 238 g/mol. The van der Waals surface area contributed by atoms with Crippen LogP contribution in [0.3, 0.4) is 0 Å². The molecule has 0 saturated carbocycles. The van der Waals surface area contributed by atoms with Crippen molar-refractivity contribution in [1.82, 2.24) is 9.55 Å². The van der Waals surface area contributed by atoms with Gasteiger partial charge in [-0.1, -0.05) is 42.0 Å². The normalized spacial score (nSPS) is 10.9. The van der Waals surface area contributed by atoms with Crippen LogP contribution in [0.15, 0.2) is 53.3 Å². The number of rotatable bonds is 2. The van der Waals surface area contributed by atoms with Crippen molar-refractivity contribution in [3.8, 4) is 0 Å². The second-order valence-electron chi connectivity index (χ2n) is 4.52. The summed E-state index contributed by atoms with van der Waals surface area (Å²) in [5, 5.41) is 0. The first-order chi connectivity index (χ1) is 8.74. The van der Waals surface area contributed by atoms with Crippen molar-refractivity contribution in [2.24, 2.45) is 0 Å². The number of nitrogens with zero attached hydrogens (tertiary/aromatic N) is 1. The summed E-state index contributed by atoms with van der Waals surface area (Å²) in [5.74, 6) is 0. The number of nitrogens with one attached hydrogen (secondary N) is 1. The van der Waals surface area contributed by atoms with Gasteiger partial charge in [0.15, 0.2) is 0 Å². The van der Waals surface area contributed by atoms with Gasteiger partial charge >= 0.3 is 5.69 Å². The van der Waals surface area contributed by atoms with Crippen molar-refractivity contribution in [3.63, 3.8) is 0 Å². The fraction of sp³-hybridized carbons (Fsp3) is 0.133. The molecule has 0 atom stereocenters. The average Bonchev–Trinajstić information content (AvgIpc) is 2.69. The van der Waals surface area contributed by atoms with E-state index in [1.807, 2.05) is 24.3 Å². The molecule has 0 amide bonds. The van der Waals surface area contributed by atoms with Gasteiger partial charge in [0.2, 0.25) is 0 Å². The van der Waals surface area contributed by atoms with Crippen molar-refractivity contribution in [2.45, 2.75) is 13.5 Å². The molecule has 3 nitrogen and oxygen atoms in total. The maximum Gasteiger partial charge on any atom is 0.326 e. The van der Waals surface area contributed by atoms with E-state index in [0.717, 1.165) is 16.6 Å². The lowest BCUT2D eigenvalue weighted by Gasteiger charge is -2.04. The Labute approximate surface area is 105 Å². The molecule has 0 aliphatic rings. The Morgan fingerprint density at radius 2 is 1.78 bits per heavy atom. The summed E-state index contributed by atoms with van der Waals surface area (Å²) in [6.45, 7) is 2.66. The number of aryl methyl sites for hydroxylation is 1. The van der Waals surface area contributed by atoms with E-state index in [-0.39, 0.29) is 5.69 Å². The molecule has 3 rings (SSSR count). The number of aromatic amines is 1. The molecular formula is C15H14N2O. The van der Waals surface area contributed by atoms with Crippen LogP contribution in [0.1, 0.15) is 11.1 Å². The van der Waals surface area contributed by atoms with E-state index in [1.54, 1.807) is 4.57 Å². The van der Waals surface area contributed by atoms with Gasteiger partial charge in [0.1, 0.15) is 0 Å². The van der Waals surface area contributed by atoms with Gasteiger partial charge in [-0.05, 0) is 24.6 Å². The van der Waals surface area contributed by atoms with Crippen molar-refractivity contribution in [1.29, 1.82) is 0 Å². The van der Waals surface area contributed by atoms with E-state index < -0.39 is 0 Å². The molecule has 1 heterocycles. The number of fused-ring (bicyclic) bond motifs is 1. The summed E-state index contributed by atoms with van der Waals surface area (Å²) in [4.78, 5) is 14.8. The molecule has 0 radical (unpaired) electrons. The SMILES string of the molecule is Cc1ccc(Cn2c(=O)[nH]c3ccccc32)cc1. The van der Waals surface area contributed by atoms with Crippen molar-refractivity contribution in [2.75, 3.05) is 0 Å². The quantitative estimate of drug-likeness (QED) is 0.732. The summed E-state index contributed by atoms with van der Waals surface area (Å²) in [5.41, 5.74) is 4.13. The van der Waals surface area contributed by atoms with Crippen molar-refractivity contribution in [3.05, 3.63) is 70.1 Å². The topological polar surface area (TPSA) is 37.8 Å². The van der Waals surface area contributed by atoms with E-state index in [0.29, 0.717) is 6.54 Å². The zero-order valence-corrected chi connectivity index (χ0v) is 10.2. The molecule has 3 aromatic rings. The van der Waals surface area contributed by atoms with Gasteiger partial charge in [0, 0.05) is 0 Å². The maximum absolute atomic E-state index is 11.9. The summed E-state index contributed by atoms with van der Waals surface area (Å²) >= 11 is 0. The highest BCUT2D eigenvalue weighted by Gasteiger charge is 2.05. The van der Waals surface area contributed by atoms with Crippen LogP contribution in [0.5, 0.6) is 0 Å². The summed E-state index contributed by atoms with van der Waals surface area (Å²) in [7, 11) is 0. The number of hydrogen-bond acceptors (Lipinski definition) is 1. The highest BCUT2D eigenvalue weighted by Crippen LogP contribution is 2.11. The number of hydrogen-bond donors (Lipinski definition) is 1. The third-order valence-electron chi connectivity index (χ3n) is 3.14. The standard InChI is InChI=1S/C15H14N2O/c1-11-6-8-12(9-7-11)10-17-14-5-3-2-4-13(14)16-15(17)18/h2-9H,10H2,1H3,(H,16,18). The molecule has 0 aliphatic carbocycles. The molecule has 0 bridgehead atoms. The van der Waals surface area contributed by atoms with Gasteiger partial charge in [-0.15, -0.1) is 0 Å². The van der Waals surface area contributed by atoms with Crippen LogP contribution in [0.2, 0.25) is 0 Å². The summed E-state index contributed by atoms with van der Waals surface area (Å²) < 4.78 is 1.76. The van der Waals surface area contributed by atoms with E-state index >= 15 is 0 Å². The third-order valence-corrected chi connectivity index (χ3v) is 3.14. The molecule has 1 aromatic heterocycles. The molecule has 0 saturated heterocycles. The van der Waals surface area contributed by atoms with Gasteiger partial charge in [0.05, 0.1) is 17.6 Å². The van der Waals surface area contributed by atoms with Crippen LogP contribution in [0, 0.1) is 6.92 Å². The maximum atomic E-state index is 11.9. The Bertz CT molecular complexity index is 735. The molecule has 3 heteroatoms. The minimum Gasteiger partial charge on any atom is -0.306 e. The number of benzene rings is 2. The van der Waals surface area contributed by atoms with E-state index in [9.17, 15) is 4.79 Å². The largest absolute Gasteiger partial charge is 0.326 e. The molecule has 0 fully saturated rings. The zero-order valence-electron chi connectivity index (χ0n) is 10.2. The van der Waals surface area contributed by atoms with Gasteiger partial charge in [0.25, 0.3) is 0 Å². The Morgan fingerprint density at radius 1 is 1.06 bits per heavy atom. The minimum atomic E-state index is -0.0585. The number of para-hydroxylation sites is 2. The van der Waals surface area contributed by atoms with E-state index in [2.05, 4.69) is 36.2 Å². The first kappa shape index (κ1) is 10.8. The highest BCUT2D eigenvalue weighted by atomic mass is 16.1.